The summed E-state index contributed by atoms with van der Waals surface area (Å²) in [6, 6.07) is 0. The van der Waals surface area contributed by atoms with Crippen LogP contribution < -0.4 is 10.6 Å². The highest BCUT2D eigenvalue weighted by Gasteiger charge is 1.98. The molecule has 0 aromatic carbocycles. The molecular formula is C8H17N2OP. The van der Waals surface area contributed by atoms with Gasteiger partial charge in [0.1, 0.15) is 0 Å². The Bertz CT molecular complexity index is 150. The van der Waals surface area contributed by atoms with Gasteiger partial charge >= 0.3 is 0 Å². The van der Waals surface area contributed by atoms with E-state index in [0.29, 0.717) is 13.1 Å². The maximum absolute atomic E-state index is 10.9. The third-order valence-corrected chi connectivity index (χ3v) is 1.86. The molecule has 2 atom stereocenters. The fourth-order valence-electron chi connectivity index (χ4n) is 0.666. The van der Waals surface area contributed by atoms with Crippen LogP contribution in [0.1, 0.15) is 19.8 Å². The van der Waals surface area contributed by atoms with Gasteiger partial charge < -0.3 is 5.32 Å². The van der Waals surface area contributed by atoms with E-state index in [1.54, 1.807) is 6.08 Å². The molecule has 1 amide bonds. The molecule has 2 N–H and O–H groups in total. The molecule has 0 bridgehead atoms. The minimum Gasteiger partial charge on any atom is -0.344 e. The molecule has 4 heteroatoms. The molecule has 3 nitrogen and oxygen atoms in total. The maximum atomic E-state index is 10.9. The van der Waals surface area contributed by atoms with Crippen LogP contribution in [0.15, 0.2) is 12.7 Å². The van der Waals surface area contributed by atoms with Crippen LogP contribution in [0.3, 0.4) is 0 Å². The van der Waals surface area contributed by atoms with Crippen molar-refractivity contribution < 1.29 is 4.79 Å². The van der Waals surface area contributed by atoms with Gasteiger partial charge in [0.25, 0.3) is 0 Å². The lowest BCUT2D eigenvalue weighted by Crippen LogP contribution is -2.36. The van der Waals surface area contributed by atoms with E-state index in [1.165, 1.54) is 0 Å². The van der Waals surface area contributed by atoms with Gasteiger partial charge in [-0.2, -0.15) is 0 Å². The van der Waals surface area contributed by atoms with Crippen molar-refractivity contribution in [2.24, 2.45) is 0 Å². The predicted octanol–water partition coefficient (Wildman–Crippen LogP) is 0.837. The molecule has 2 unspecified atom stereocenters. The number of carbonyl (C=O) groups is 1. The number of hydrogen-bond donors (Lipinski definition) is 2. The smallest absolute Gasteiger partial charge is 0.220 e. The van der Waals surface area contributed by atoms with E-state index >= 15 is 0 Å². The molecule has 0 fully saturated rings. The van der Waals surface area contributed by atoms with Gasteiger partial charge in [-0.25, -0.2) is 0 Å². The molecule has 70 valence electrons. The molecule has 0 aliphatic carbocycles. The number of carbonyl (C=O) groups excluding carboxylic acids is 1. The van der Waals surface area contributed by atoms with Crippen molar-refractivity contribution >= 4 is 15.1 Å². The SMILES string of the molecule is C=CC(P)NCNC(=O)CCC. The summed E-state index contributed by atoms with van der Waals surface area (Å²) < 4.78 is 0. The average Bonchev–Trinajstić information content (AvgIpc) is 2.04. The zero-order valence-corrected chi connectivity index (χ0v) is 8.62. The molecule has 0 aliphatic heterocycles. The molecule has 12 heavy (non-hydrogen) atoms. The second kappa shape index (κ2) is 7.26. The molecule has 0 saturated heterocycles. The van der Waals surface area contributed by atoms with Crippen LogP contribution in [0.5, 0.6) is 0 Å². The van der Waals surface area contributed by atoms with Crippen molar-refractivity contribution in [2.75, 3.05) is 6.67 Å². The van der Waals surface area contributed by atoms with Gasteiger partial charge in [-0.3, -0.25) is 10.1 Å². The Morgan fingerprint density at radius 3 is 2.92 bits per heavy atom. The number of hydrogen-bond acceptors (Lipinski definition) is 2. The minimum absolute atomic E-state index is 0.0891. The van der Waals surface area contributed by atoms with Crippen molar-refractivity contribution in [1.29, 1.82) is 0 Å². The summed E-state index contributed by atoms with van der Waals surface area (Å²) >= 11 is 0. The number of nitrogens with one attached hydrogen (secondary N) is 2. The highest BCUT2D eigenvalue weighted by molar-refractivity contribution is 7.17. The monoisotopic (exact) mass is 188 g/mol. The van der Waals surface area contributed by atoms with E-state index in [9.17, 15) is 4.79 Å². The van der Waals surface area contributed by atoms with Gasteiger partial charge in [0.2, 0.25) is 5.91 Å². The van der Waals surface area contributed by atoms with Gasteiger partial charge in [0, 0.05) is 12.2 Å². The molecule has 0 aliphatic rings. The van der Waals surface area contributed by atoms with E-state index in [4.69, 9.17) is 0 Å². The topological polar surface area (TPSA) is 41.1 Å². The van der Waals surface area contributed by atoms with Crippen molar-refractivity contribution in [1.82, 2.24) is 10.6 Å². The second-order valence-corrected chi connectivity index (χ2v) is 3.21. The van der Waals surface area contributed by atoms with Crippen LogP contribution in [-0.4, -0.2) is 18.4 Å². The summed E-state index contributed by atoms with van der Waals surface area (Å²) in [5.41, 5.74) is 0. The Morgan fingerprint density at radius 2 is 2.42 bits per heavy atom. The highest BCUT2D eigenvalue weighted by Crippen LogP contribution is 1.93. The van der Waals surface area contributed by atoms with Gasteiger partial charge in [-0.15, -0.1) is 15.8 Å². The molecule has 0 aromatic heterocycles. The standard InChI is InChI=1S/C8H17N2OP/c1-3-5-7(11)9-6-10-8(12)4-2/h4,8,10H,2-3,5-6,12H2,1H3,(H,9,11). The number of amides is 1. The van der Waals surface area contributed by atoms with E-state index in [-0.39, 0.29) is 11.7 Å². The Morgan fingerprint density at radius 1 is 1.75 bits per heavy atom. The fraction of sp³-hybridized carbons (Fsp3) is 0.625. The summed E-state index contributed by atoms with van der Waals surface area (Å²) in [6.45, 7) is 6.08. The Kier molecular flexibility index (Phi) is 7.02. The number of rotatable bonds is 6. The molecule has 0 spiro atoms. The molecule has 0 saturated carbocycles. The van der Waals surface area contributed by atoms with E-state index in [0.717, 1.165) is 6.42 Å². The van der Waals surface area contributed by atoms with Gasteiger partial charge in [-0.1, -0.05) is 13.0 Å². The van der Waals surface area contributed by atoms with Crippen LogP contribution in [0.4, 0.5) is 0 Å². The van der Waals surface area contributed by atoms with Gasteiger partial charge in [-0.05, 0) is 6.42 Å². The fourth-order valence-corrected chi connectivity index (χ4v) is 0.784. The van der Waals surface area contributed by atoms with Crippen LogP contribution in [0.2, 0.25) is 0 Å². The zero-order chi connectivity index (χ0) is 9.40. The predicted molar refractivity (Wildman–Crippen MR) is 54.7 cm³/mol. The summed E-state index contributed by atoms with van der Waals surface area (Å²) in [5.74, 6) is 0.248. The lowest BCUT2D eigenvalue weighted by atomic mass is 10.3. The lowest BCUT2D eigenvalue weighted by Gasteiger charge is -2.09. The Labute approximate surface area is 76.2 Å². The van der Waals surface area contributed by atoms with Crippen molar-refractivity contribution in [3.63, 3.8) is 0 Å². The summed E-state index contributed by atoms with van der Waals surface area (Å²) in [4.78, 5) is 10.9. The molecule has 0 heterocycles. The average molecular weight is 188 g/mol. The van der Waals surface area contributed by atoms with Crippen LogP contribution >= 0.6 is 9.24 Å². The van der Waals surface area contributed by atoms with Crippen molar-refractivity contribution in [2.45, 2.75) is 25.5 Å². The van der Waals surface area contributed by atoms with E-state index in [2.05, 4.69) is 26.5 Å². The van der Waals surface area contributed by atoms with E-state index < -0.39 is 0 Å². The Balaban J connectivity index is 3.30. The maximum Gasteiger partial charge on any atom is 0.220 e. The Hall–Kier alpha value is -0.400. The second-order valence-electron chi connectivity index (χ2n) is 2.49. The summed E-state index contributed by atoms with van der Waals surface area (Å²) in [7, 11) is 2.56. The molecule has 0 aromatic rings. The van der Waals surface area contributed by atoms with Crippen molar-refractivity contribution in [3.05, 3.63) is 12.7 Å². The zero-order valence-electron chi connectivity index (χ0n) is 7.47. The highest BCUT2D eigenvalue weighted by atomic mass is 31.0. The molecular weight excluding hydrogens is 171 g/mol. The van der Waals surface area contributed by atoms with Crippen LogP contribution in [-0.2, 0) is 4.79 Å². The first kappa shape index (κ1) is 11.6. The first-order valence-corrected chi connectivity index (χ1v) is 4.75. The third-order valence-electron chi connectivity index (χ3n) is 1.35. The van der Waals surface area contributed by atoms with Gasteiger partial charge in [0.05, 0.1) is 6.67 Å². The lowest BCUT2D eigenvalue weighted by molar-refractivity contribution is -0.121. The van der Waals surface area contributed by atoms with Gasteiger partial charge in [0.15, 0.2) is 0 Å². The summed E-state index contributed by atoms with van der Waals surface area (Å²) in [6.07, 6.45) is 3.24. The summed E-state index contributed by atoms with van der Waals surface area (Å²) in [5, 5.41) is 5.77. The quantitative estimate of drug-likeness (QED) is 0.368. The molecule has 0 rings (SSSR count). The first-order chi connectivity index (χ1) is 5.70. The third kappa shape index (κ3) is 6.32. The normalized spacial score (nSPS) is 12.2. The van der Waals surface area contributed by atoms with Crippen LogP contribution in [0.25, 0.3) is 0 Å². The largest absolute Gasteiger partial charge is 0.344 e. The first-order valence-electron chi connectivity index (χ1n) is 4.09. The van der Waals surface area contributed by atoms with E-state index in [1.807, 2.05) is 6.92 Å². The minimum atomic E-state index is 0.0891. The van der Waals surface area contributed by atoms with Crippen molar-refractivity contribution in [3.8, 4) is 0 Å². The molecule has 0 radical (unpaired) electrons. The van der Waals surface area contributed by atoms with Crippen LogP contribution in [0, 0.1) is 0 Å².